The highest BCUT2D eigenvalue weighted by Gasteiger charge is 2.24. The van der Waals surface area contributed by atoms with Crippen LogP contribution in [-0.4, -0.2) is 26.5 Å². The predicted octanol–water partition coefficient (Wildman–Crippen LogP) is 3.33. The Bertz CT molecular complexity index is 1130. The predicted molar refractivity (Wildman–Crippen MR) is 113 cm³/mol. The number of fused-ring (bicyclic) bond motifs is 1. The first-order valence-corrected chi connectivity index (χ1v) is 9.78. The molecule has 1 aromatic carbocycles. The van der Waals surface area contributed by atoms with Crippen molar-refractivity contribution in [2.24, 2.45) is 0 Å². The molecule has 0 atom stereocenters. The lowest BCUT2D eigenvalue weighted by molar-refractivity contribution is -0.115. The van der Waals surface area contributed by atoms with Gasteiger partial charge in [-0.25, -0.2) is 4.98 Å². The van der Waals surface area contributed by atoms with Crippen LogP contribution in [-0.2, 0) is 11.3 Å². The maximum Gasteiger partial charge on any atom is 0.251 e. The maximum atomic E-state index is 12.1. The van der Waals surface area contributed by atoms with E-state index in [9.17, 15) is 4.79 Å². The van der Waals surface area contributed by atoms with Gasteiger partial charge in [-0.05, 0) is 24.5 Å². The lowest BCUT2D eigenvalue weighted by Gasteiger charge is -2.11. The summed E-state index contributed by atoms with van der Waals surface area (Å²) < 4.78 is 1.81. The summed E-state index contributed by atoms with van der Waals surface area (Å²) in [5.74, 6) is 1.56. The van der Waals surface area contributed by atoms with Crippen molar-refractivity contribution in [2.75, 3.05) is 10.6 Å². The highest BCUT2D eigenvalue weighted by molar-refractivity contribution is 6.02. The Morgan fingerprint density at radius 3 is 2.83 bits per heavy atom. The molecule has 5 rings (SSSR count). The lowest BCUT2D eigenvalue weighted by atomic mass is 10.1. The van der Waals surface area contributed by atoms with Gasteiger partial charge in [0, 0.05) is 41.9 Å². The van der Waals surface area contributed by atoms with Gasteiger partial charge in [-0.1, -0.05) is 36.9 Å². The number of nitrogens with one attached hydrogen (secondary N) is 3. The third kappa shape index (κ3) is 3.71. The van der Waals surface area contributed by atoms with Gasteiger partial charge in [0.05, 0.1) is 6.20 Å². The largest absolute Gasteiger partial charge is 0.367 e. The fourth-order valence-corrected chi connectivity index (χ4v) is 3.40. The first-order valence-electron chi connectivity index (χ1n) is 9.78. The molecule has 3 aromatic rings. The Balaban J connectivity index is 1.51. The van der Waals surface area contributed by atoms with E-state index < -0.39 is 0 Å². The van der Waals surface area contributed by atoms with Crippen LogP contribution in [0.15, 0.2) is 60.4 Å². The molecule has 1 aliphatic heterocycles. The second-order valence-electron chi connectivity index (χ2n) is 7.52. The quantitative estimate of drug-likeness (QED) is 0.566. The minimum Gasteiger partial charge on any atom is -0.367 e. The summed E-state index contributed by atoms with van der Waals surface area (Å²) in [6.07, 6.45) is 6.46. The Kier molecular flexibility index (Phi) is 4.27. The van der Waals surface area contributed by atoms with Gasteiger partial charge in [0.25, 0.3) is 5.91 Å². The number of allylic oxidation sites excluding steroid dienone is 1. The number of anilines is 2. The average Bonchev–Trinajstić information content (AvgIpc) is 3.36. The molecular weight excluding hydrogens is 364 g/mol. The molecule has 1 aliphatic carbocycles. The SMILES string of the molecule is C=C1C/C(=C\c2cnn3c(NC4CC4)cc(NCc4ccccc4)nc23)C(=O)N1. The van der Waals surface area contributed by atoms with E-state index >= 15 is 0 Å². The van der Waals surface area contributed by atoms with Crippen molar-refractivity contribution in [2.45, 2.75) is 31.8 Å². The molecule has 3 heterocycles. The number of hydrogen-bond acceptors (Lipinski definition) is 5. The molecule has 1 saturated heterocycles. The Labute approximate surface area is 168 Å². The lowest BCUT2D eigenvalue weighted by Crippen LogP contribution is -2.12. The third-order valence-corrected chi connectivity index (χ3v) is 5.06. The van der Waals surface area contributed by atoms with Crippen LogP contribution in [0.1, 0.15) is 30.4 Å². The number of aromatic nitrogens is 3. The second-order valence-corrected chi connectivity index (χ2v) is 7.52. The number of hydrogen-bond donors (Lipinski definition) is 3. The summed E-state index contributed by atoms with van der Waals surface area (Å²) in [6, 6.07) is 12.7. The Morgan fingerprint density at radius 1 is 1.28 bits per heavy atom. The third-order valence-electron chi connectivity index (χ3n) is 5.06. The topological polar surface area (TPSA) is 83.3 Å². The van der Waals surface area contributed by atoms with Crippen LogP contribution >= 0.6 is 0 Å². The van der Waals surface area contributed by atoms with E-state index in [-0.39, 0.29) is 5.91 Å². The van der Waals surface area contributed by atoms with E-state index in [1.807, 2.05) is 30.3 Å². The molecule has 0 spiro atoms. The van der Waals surface area contributed by atoms with E-state index in [2.05, 4.69) is 39.8 Å². The molecule has 0 unspecified atom stereocenters. The first-order chi connectivity index (χ1) is 14.2. The summed E-state index contributed by atoms with van der Waals surface area (Å²) in [7, 11) is 0. The number of carbonyl (C=O) groups is 1. The van der Waals surface area contributed by atoms with Crippen molar-refractivity contribution in [3.05, 3.63) is 71.6 Å². The van der Waals surface area contributed by atoms with Gasteiger partial charge in [0.1, 0.15) is 11.6 Å². The summed E-state index contributed by atoms with van der Waals surface area (Å²) in [5.41, 5.74) is 4.09. The van der Waals surface area contributed by atoms with Crippen molar-refractivity contribution in [1.29, 1.82) is 0 Å². The number of nitrogens with zero attached hydrogens (tertiary/aromatic N) is 3. The monoisotopic (exact) mass is 386 g/mol. The van der Waals surface area contributed by atoms with Gasteiger partial charge in [0.2, 0.25) is 0 Å². The van der Waals surface area contributed by atoms with Crippen molar-refractivity contribution in [1.82, 2.24) is 19.9 Å². The standard InChI is InChI=1S/C22H22N6O/c1-14-9-16(22(29)25-14)10-17-13-24-28-20(26-18-7-8-18)11-19(27-21(17)28)23-12-15-5-3-2-4-6-15/h2-6,10-11,13,18,26H,1,7-9,12H2,(H,23,27)(H,25,29)/b16-10+. The van der Waals surface area contributed by atoms with E-state index in [4.69, 9.17) is 4.98 Å². The van der Waals surface area contributed by atoms with Crippen molar-refractivity contribution < 1.29 is 4.79 Å². The van der Waals surface area contributed by atoms with Gasteiger partial charge >= 0.3 is 0 Å². The van der Waals surface area contributed by atoms with Crippen molar-refractivity contribution in [3.8, 4) is 0 Å². The molecule has 1 amide bonds. The van der Waals surface area contributed by atoms with Crippen LogP contribution in [0.5, 0.6) is 0 Å². The zero-order valence-electron chi connectivity index (χ0n) is 16.0. The van der Waals surface area contributed by atoms with Crippen LogP contribution in [0.25, 0.3) is 11.7 Å². The highest BCUT2D eigenvalue weighted by atomic mass is 16.2. The molecule has 146 valence electrons. The molecule has 29 heavy (non-hydrogen) atoms. The minimum absolute atomic E-state index is 0.107. The second kappa shape index (κ2) is 7.09. The molecule has 0 radical (unpaired) electrons. The molecular formula is C22H22N6O. The summed E-state index contributed by atoms with van der Waals surface area (Å²) in [6.45, 7) is 4.52. The molecule has 7 heteroatoms. The van der Waals surface area contributed by atoms with E-state index in [0.717, 1.165) is 30.0 Å². The van der Waals surface area contributed by atoms with Crippen LogP contribution in [0.3, 0.4) is 0 Å². The smallest absolute Gasteiger partial charge is 0.251 e. The zero-order valence-corrected chi connectivity index (χ0v) is 16.0. The molecule has 1 saturated carbocycles. The molecule has 2 aromatic heterocycles. The molecule has 3 N–H and O–H groups in total. The number of amides is 1. The fraction of sp³-hybridized carbons (Fsp3) is 0.227. The van der Waals surface area contributed by atoms with Gasteiger partial charge in [-0.15, -0.1) is 0 Å². The minimum atomic E-state index is -0.107. The number of rotatable bonds is 6. The molecule has 2 aliphatic rings. The highest BCUT2D eigenvalue weighted by Crippen LogP contribution is 2.28. The average molecular weight is 386 g/mol. The van der Waals surface area contributed by atoms with Crippen LogP contribution < -0.4 is 16.0 Å². The number of benzene rings is 1. The number of carbonyl (C=O) groups excluding carboxylic acids is 1. The maximum absolute atomic E-state index is 12.1. The summed E-state index contributed by atoms with van der Waals surface area (Å²) in [4.78, 5) is 16.9. The first kappa shape index (κ1) is 17.5. The van der Waals surface area contributed by atoms with E-state index in [1.165, 1.54) is 5.56 Å². The van der Waals surface area contributed by atoms with E-state index in [0.29, 0.717) is 35.9 Å². The zero-order chi connectivity index (χ0) is 19.8. The Hall–Kier alpha value is -3.61. The Morgan fingerprint density at radius 2 is 2.10 bits per heavy atom. The van der Waals surface area contributed by atoms with Crippen molar-refractivity contribution in [3.63, 3.8) is 0 Å². The molecule has 0 bridgehead atoms. The van der Waals surface area contributed by atoms with E-state index in [1.54, 1.807) is 10.7 Å². The van der Waals surface area contributed by atoms with Crippen LogP contribution in [0, 0.1) is 0 Å². The van der Waals surface area contributed by atoms with Gasteiger partial charge in [-0.3, -0.25) is 4.79 Å². The fourth-order valence-electron chi connectivity index (χ4n) is 3.40. The van der Waals surface area contributed by atoms with Crippen LogP contribution in [0.2, 0.25) is 0 Å². The summed E-state index contributed by atoms with van der Waals surface area (Å²) >= 11 is 0. The molecule has 2 fully saturated rings. The van der Waals surface area contributed by atoms with Crippen molar-refractivity contribution >= 4 is 29.3 Å². The summed E-state index contributed by atoms with van der Waals surface area (Å²) in [5, 5.41) is 14.2. The normalized spacial score (nSPS) is 17.7. The van der Waals surface area contributed by atoms with Gasteiger partial charge < -0.3 is 16.0 Å². The molecule has 7 nitrogen and oxygen atoms in total. The van der Waals surface area contributed by atoms with Gasteiger partial charge in [-0.2, -0.15) is 9.61 Å². The van der Waals surface area contributed by atoms with Gasteiger partial charge in [0.15, 0.2) is 5.65 Å². The van der Waals surface area contributed by atoms with Crippen LogP contribution in [0.4, 0.5) is 11.6 Å².